The van der Waals surface area contributed by atoms with Crippen LogP contribution in [0.25, 0.3) is 0 Å². The number of aliphatic hydroxyl groups is 2. The largest absolute Gasteiger partial charge is 0.389 e. The number of alkyl halides is 1. The molecule has 1 heterocycles. The fourth-order valence-corrected chi connectivity index (χ4v) is 1.21. The normalized spacial score (nSPS) is 15.6. The van der Waals surface area contributed by atoms with E-state index < -0.39 is 12.2 Å². The summed E-state index contributed by atoms with van der Waals surface area (Å²) in [5.74, 6) is 0. The molecule has 0 bridgehead atoms. The fourth-order valence-electron chi connectivity index (χ4n) is 0.857. The van der Waals surface area contributed by atoms with E-state index >= 15 is 0 Å². The molecule has 1 aromatic heterocycles. The van der Waals surface area contributed by atoms with E-state index in [0.29, 0.717) is 10.9 Å². The maximum Gasteiger partial charge on any atom is 0.107 e. The molecule has 0 saturated carbocycles. The SMILES string of the molecule is OC(CBr)C(O)c1cccnc1. The van der Waals surface area contributed by atoms with Gasteiger partial charge in [-0.1, -0.05) is 22.0 Å². The summed E-state index contributed by atoms with van der Waals surface area (Å²) >= 11 is 3.08. The molecule has 0 aromatic carbocycles. The molecule has 0 saturated heterocycles. The van der Waals surface area contributed by atoms with Gasteiger partial charge in [-0.2, -0.15) is 0 Å². The van der Waals surface area contributed by atoms with Gasteiger partial charge in [0, 0.05) is 23.3 Å². The fraction of sp³-hybridized carbons (Fsp3) is 0.375. The van der Waals surface area contributed by atoms with Crippen LogP contribution >= 0.6 is 15.9 Å². The Morgan fingerprint density at radius 1 is 1.50 bits per heavy atom. The first kappa shape index (κ1) is 9.64. The van der Waals surface area contributed by atoms with E-state index in [2.05, 4.69) is 20.9 Å². The first-order valence-electron chi connectivity index (χ1n) is 3.57. The quantitative estimate of drug-likeness (QED) is 0.760. The Hall–Kier alpha value is -0.450. The van der Waals surface area contributed by atoms with Crippen LogP contribution in [0.2, 0.25) is 0 Å². The third-order valence-electron chi connectivity index (χ3n) is 1.55. The summed E-state index contributed by atoms with van der Waals surface area (Å²) in [6, 6.07) is 3.45. The minimum Gasteiger partial charge on any atom is -0.389 e. The summed E-state index contributed by atoms with van der Waals surface area (Å²) in [6.07, 6.45) is 1.51. The lowest BCUT2D eigenvalue weighted by molar-refractivity contribution is 0.0340. The van der Waals surface area contributed by atoms with Gasteiger partial charge in [-0.3, -0.25) is 4.98 Å². The van der Waals surface area contributed by atoms with Crippen LogP contribution in [0.1, 0.15) is 11.7 Å². The van der Waals surface area contributed by atoms with E-state index in [9.17, 15) is 10.2 Å². The van der Waals surface area contributed by atoms with E-state index in [0.717, 1.165) is 0 Å². The minimum atomic E-state index is -0.863. The summed E-state index contributed by atoms with van der Waals surface area (Å²) < 4.78 is 0. The molecule has 66 valence electrons. The second-order valence-corrected chi connectivity index (χ2v) is 3.10. The molecular formula is C8H10BrNO2. The molecule has 0 aliphatic rings. The van der Waals surface area contributed by atoms with Crippen LogP contribution in [0.3, 0.4) is 0 Å². The number of rotatable bonds is 3. The molecule has 2 unspecified atom stereocenters. The molecule has 12 heavy (non-hydrogen) atoms. The predicted molar refractivity (Wildman–Crippen MR) is 49.0 cm³/mol. The van der Waals surface area contributed by atoms with Crippen LogP contribution in [0, 0.1) is 0 Å². The second kappa shape index (κ2) is 4.54. The number of aromatic nitrogens is 1. The van der Waals surface area contributed by atoms with Crippen molar-refractivity contribution in [2.75, 3.05) is 5.33 Å². The summed E-state index contributed by atoms with van der Waals surface area (Å²) in [7, 11) is 0. The Morgan fingerprint density at radius 2 is 2.25 bits per heavy atom. The van der Waals surface area contributed by atoms with Gasteiger partial charge in [0.15, 0.2) is 0 Å². The maximum absolute atomic E-state index is 9.47. The van der Waals surface area contributed by atoms with Gasteiger partial charge >= 0.3 is 0 Å². The van der Waals surface area contributed by atoms with Crippen molar-refractivity contribution in [2.45, 2.75) is 12.2 Å². The van der Waals surface area contributed by atoms with E-state index in [4.69, 9.17) is 0 Å². The molecule has 0 fully saturated rings. The highest BCUT2D eigenvalue weighted by molar-refractivity contribution is 9.09. The predicted octanol–water partition coefficient (Wildman–Crippen LogP) is 0.871. The smallest absolute Gasteiger partial charge is 0.107 e. The van der Waals surface area contributed by atoms with Crippen molar-refractivity contribution in [1.82, 2.24) is 4.98 Å². The van der Waals surface area contributed by atoms with Crippen LogP contribution < -0.4 is 0 Å². The molecule has 0 radical (unpaired) electrons. The molecule has 0 spiro atoms. The van der Waals surface area contributed by atoms with Crippen LogP contribution in [0.4, 0.5) is 0 Å². The Balaban J connectivity index is 2.71. The van der Waals surface area contributed by atoms with Crippen LogP contribution in [-0.2, 0) is 0 Å². The van der Waals surface area contributed by atoms with Crippen molar-refractivity contribution in [3.8, 4) is 0 Å². The molecule has 0 aliphatic carbocycles. The van der Waals surface area contributed by atoms with Gasteiger partial charge in [-0.25, -0.2) is 0 Å². The van der Waals surface area contributed by atoms with Gasteiger partial charge < -0.3 is 10.2 Å². The summed E-state index contributed by atoms with van der Waals surface area (Å²) in [5, 5.41) is 19.1. The number of pyridine rings is 1. The van der Waals surface area contributed by atoms with Crippen molar-refractivity contribution in [3.63, 3.8) is 0 Å². The Bertz CT molecular complexity index is 230. The zero-order valence-electron chi connectivity index (χ0n) is 6.39. The van der Waals surface area contributed by atoms with Crippen LogP contribution in [-0.4, -0.2) is 26.6 Å². The summed E-state index contributed by atoms with van der Waals surface area (Å²) in [4.78, 5) is 3.84. The first-order chi connectivity index (χ1) is 5.75. The molecule has 2 atom stereocenters. The topological polar surface area (TPSA) is 53.4 Å². The zero-order chi connectivity index (χ0) is 8.97. The summed E-state index contributed by atoms with van der Waals surface area (Å²) in [6.45, 7) is 0. The molecule has 4 heteroatoms. The summed E-state index contributed by atoms with van der Waals surface area (Å²) in [5.41, 5.74) is 0.629. The van der Waals surface area contributed by atoms with Crippen molar-refractivity contribution >= 4 is 15.9 Å². The highest BCUT2D eigenvalue weighted by atomic mass is 79.9. The van der Waals surface area contributed by atoms with Crippen molar-refractivity contribution in [2.24, 2.45) is 0 Å². The molecule has 1 aromatic rings. The minimum absolute atomic E-state index is 0.350. The molecular weight excluding hydrogens is 222 g/mol. The number of hydrogen-bond donors (Lipinski definition) is 2. The Labute approximate surface area is 79.2 Å². The highest BCUT2D eigenvalue weighted by Gasteiger charge is 2.16. The van der Waals surface area contributed by atoms with Crippen molar-refractivity contribution in [3.05, 3.63) is 30.1 Å². The van der Waals surface area contributed by atoms with Gasteiger partial charge in [-0.05, 0) is 6.07 Å². The molecule has 2 N–H and O–H groups in total. The lowest BCUT2D eigenvalue weighted by Crippen LogP contribution is -2.19. The second-order valence-electron chi connectivity index (χ2n) is 2.45. The maximum atomic E-state index is 9.47. The van der Waals surface area contributed by atoms with Gasteiger partial charge in [0.2, 0.25) is 0 Å². The lowest BCUT2D eigenvalue weighted by Gasteiger charge is -2.14. The lowest BCUT2D eigenvalue weighted by atomic mass is 10.1. The van der Waals surface area contributed by atoms with E-state index in [1.807, 2.05) is 0 Å². The van der Waals surface area contributed by atoms with Gasteiger partial charge in [-0.15, -0.1) is 0 Å². The molecule has 3 nitrogen and oxygen atoms in total. The van der Waals surface area contributed by atoms with E-state index in [-0.39, 0.29) is 0 Å². The van der Waals surface area contributed by atoms with Crippen LogP contribution in [0.5, 0.6) is 0 Å². The standard InChI is InChI=1S/C8H10BrNO2/c9-4-7(11)8(12)6-2-1-3-10-5-6/h1-3,5,7-8,11-12H,4H2. The average Bonchev–Trinajstić information content (AvgIpc) is 2.17. The Morgan fingerprint density at radius 3 is 2.75 bits per heavy atom. The third-order valence-corrected chi connectivity index (χ3v) is 2.21. The highest BCUT2D eigenvalue weighted by Crippen LogP contribution is 2.16. The first-order valence-corrected chi connectivity index (χ1v) is 4.70. The zero-order valence-corrected chi connectivity index (χ0v) is 7.98. The molecule has 0 amide bonds. The molecule has 0 aliphatic heterocycles. The van der Waals surface area contributed by atoms with E-state index in [1.165, 1.54) is 6.20 Å². The Kier molecular flexibility index (Phi) is 3.65. The van der Waals surface area contributed by atoms with E-state index in [1.54, 1.807) is 18.3 Å². The number of hydrogen-bond acceptors (Lipinski definition) is 3. The van der Waals surface area contributed by atoms with Gasteiger partial charge in [0.05, 0.1) is 6.10 Å². The average molecular weight is 232 g/mol. The van der Waals surface area contributed by atoms with Crippen molar-refractivity contribution in [1.29, 1.82) is 0 Å². The van der Waals surface area contributed by atoms with Gasteiger partial charge in [0.25, 0.3) is 0 Å². The number of aliphatic hydroxyl groups excluding tert-OH is 2. The van der Waals surface area contributed by atoms with Crippen molar-refractivity contribution < 1.29 is 10.2 Å². The monoisotopic (exact) mass is 231 g/mol. The van der Waals surface area contributed by atoms with Crippen LogP contribution in [0.15, 0.2) is 24.5 Å². The third kappa shape index (κ3) is 2.27. The molecule has 1 rings (SSSR count). The van der Waals surface area contributed by atoms with Gasteiger partial charge in [0.1, 0.15) is 6.10 Å². The number of halogens is 1. The number of nitrogens with zero attached hydrogens (tertiary/aromatic N) is 1.